The Bertz CT molecular complexity index is 1650. The quantitative estimate of drug-likeness (QED) is 0.298. The molecule has 4 heterocycles. The van der Waals surface area contributed by atoms with Crippen molar-refractivity contribution in [1.29, 1.82) is 5.26 Å². The molecule has 156 valence electrons. The lowest BCUT2D eigenvalue weighted by molar-refractivity contribution is 0.627. The number of nitrogens with zero attached hydrogens (tertiary/aromatic N) is 6. The number of benzene rings is 1. The predicted molar refractivity (Wildman–Crippen MR) is 119 cm³/mol. The molecule has 0 fully saturated rings. The van der Waals surface area contributed by atoms with Gasteiger partial charge in [0.2, 0.25) is 5.13 Å². The highest BCUT2D eigenvalue weighted by atomic mass is 32.2. The third-order valence-electron chi connectivity index (χ3n) is 4.67. The standard InChI is InChI=1S/C21H11FN6O2S2/c22-14-6-4-12(5-7-14)11-31-21-26-25-20(32-21)28-17-15(9-13(10-23)18(28)29)19(30)27-8-2-1-3-16(27)24-17/h1-9H,11H2. The third kappa shape index (κ3) is 3.45. The first kappa shape index (κ1) is 20.0. The molecular weight excluding hydrogens is 451 g/mol. The van der Waals surface area contributed by atoms with Gasteiger partial charge in [0.05, 0.1) is 5.39 Å². The summed E-state index contributed by atoms with van der Waals surface area (Å²) < 4.78 is 16.2. The number of pyridine rings is 2. The molecule has 0 N–H and O–H groups in total. The van der Waals surface area contributed by atoms with E-state index in [1.165, 1.54) is 34.4 Å². The SMILES string of the molecule is N#Cc1cc2c(=O)n3ccccc3nc2n(-c2nnc(SCc3ccc(F)cc3)s2)c1=O. The maximum absolute atomic E-state index is 13.1. The average molecular weight is 462 g/mol. The predicted octanol–water partition coefficient (Wildman–Crippen LogP) is 3.15. The topological polar surface area (TPSA) is 106 Å². The zero-order valence-corrected chi connectivity index (χ0v) is 17.7. The van der Waals surface area contributed by atoms with Crippen molar-refractivity contribution in [3.8, 4) is 11.2 Å². The van der Waals surface area contributed by atoms with Gasteiger partial charge in [-0.1, -0.05) is 41.3 Å². The lowest BCUT2D eigenvalue weighted by atomic mass is 10.2. The van der Waals surface area contributed by atoms with E-state index in [1.54, 1.807) is 36.5 Å². The summed E-state index contributed by atoms with van der Waals surface area (Å²) in [5.41, 5.74) is 0.158. The van der Waals surface area contributed by atoms with E-state index in [0.29, 0.717) is 15.7 Å². The van der Waals surface area contributed by atoms with Crippen molar-refractivity contribution in [3.63, 3.8) is 0 Å². The number of hydrogen-bond donors (Lipinski definition) is 0. The molecule has 0 unspecified atom stereocenters. The van der Waals surface area contributed by atoms with Crippen molar-refractivity contribution >= 4 is 39.8 Å². The molecule has 0 atom stereocenters. The van der Waals surface area contributed by atoms with Crippen LogP contribution < -0.4 is 11.1 Å². The van der Waals surface area contributed by atoms with Gasteiger partial charge in [-0.25, -0.2) is 13.9 Å². The fourth-order valence-corrected chi connectivity index (χ4v) is 4.94. The first-order valence-corrected chi connectivity index (χ1v) is 11.0. The minimum absolute atomic E-state index is 0.108. The van der Waals surface area contributed by atoms with Gasteiger partial charge in [-0.15, -0.1) is 10.2 Å². The van der Waals surface area contributed by atoms with Gasteiger partial charge in [-0.3, -0.25) is 14.0 Å². The maximum atomic E-state index is 13.1. The van der Waals surface area contributed by atoms with Crippen molar-refractivity contribution in [1.82, 2.24) is 24.1 Å². The number of nitriles is 1. The normalized spacial score (nSPS) is 11.1. The van der Waals surface area contributed by atoms with Crippen LogP contribution >= 0.6 is 23.1 Å². The highest BCUT2D eigenvalue weighted by molar-refractivity contribution is 8.00. The van der Waals surface area contributed by atoms with Gasteiger partial charge in [-0.2, -0.15) is 5.26 Å². The molecule has 0 bridgehead atoms. The van der Waals surface area contributed by atoms with Gasteiger partial charge in [0.25, 0.3) is 11.1 Å². The largest absolute Gasteiger partial charge is 0.276 e. The van der Waals surface area contributed by atoms with Crippen LogP contribution in [0.1, 0.15) is 11.1 Å². The summed E-state index contributed by atoms with van der Waals surface area (Å²) in [6, 6.07) is 14.3. The second kappa shape index (κ2) is 7.99. The fourth-order valence-electron chi connectivity index (χ4n) is 3.14. The second-order valence-electron chi connectivity index (χ2n) is 6.66. The Morgan fingerprint density at radius 3 is 2.69 bits per heavy atom. The van der Waals surface area contributed by atoms with Crippen LogP contribution in [0.2, 0.25) is 0 Å². The van der Waals surface area contributed by atoms with Crippen LogP contribution in [0.3, 0.4) is 0 Å². The lowest BCUT2D eigenvalue weighted by Gasteiger charge is -2.08. The summed E-state index contributed by atoms with van der Waals surface area (Å²) in [5.74, 6) is 0.226. The smallest absolute Gasteiger partial charge is 0.268 e. The number of hydrogen-bond acceptors (Lipinski definition) is 8. The van der Waals surface area contributed by atoms with E-state index in [0.717, 1.165) is 21.5 Å². The monoisotopic (exact) mass is 462 g/mol. The summed E-state index contributed by atoms with van der Waals surface area (Å²) in [6.07, 6.45) is 1.57. The van der Waals surface area contributed by atoms with E-state index >= 15 is 0 Å². The Hall–Kier alpha value is -3.88. The van der Waals surface area contributed by atoms with Crippen LogP contribution in [0.5, 0.6) is 0 Å². The molecule has 5 rings (SSSR count). The Morgan fingerprint density at radius 2 is 1.91 bits per heavy atom. The summed E-state index contributed by atoms with van der Waals surface area (Å²) in [7, 11) is 0. The van der Waals surface area contributed by atoms with Crippen LogP contribution in [0, 0.1) is 17.1 Å². The van der Waals surface area contributed by atoms with E-state index in [-0.39, 0.29) is 27.5 Å². The number of rotatable bonds is 4. The lowest BCUT2D eigenvalue weighted by Crippen LogP contribution is -2.26. The molecule has 11 heteroatoms. The van der Waals surface area contributed by atoms with E-state index in [1.807, 2.05) is 6.07 Å². The number of halogens is 1. The van der Waals surface area contributed by atoms with Crippen molar-refractivity contribution in [2.45, 2.75) is 10.1 Å². The number of thioether (sulfide) groups is 1. The molecule has 1 aromatic carbocycles. The van der Waals surface area contributed by atoms with E-state index in [2.05, 4.69) is 15.2 Å². The van der Waals surface area contributed by atoms with Crippen LogP contribution in [0.25, 0.3) is 21.8 Å². The third-order valence-corrected chi connectivity index (χ3v) is 6.78. The van der Waals surface area contributed by atoms with Crippen molar-refractivity contribution in [2.75, 3.05) is 0 Å². The Morgan fingerprint density at radius 1 is 1.09 bits per heavy atom. The summed E-state index contributed by atoms with van der Waals surface area (Å²) in [5, 5.41) is 18.0. The van der Waals surface area contributed by atoms with Crippen LogP contribution in [-0.4, -0.2) is 24.1 Å². The number of aromatic nitrogens is 5. The molecular formula is C21H11FN6O2S2. The molecule has 0 radical (unpaired) electrons. The van der Waals surface area contributed by atoms with Crippen LogP contribution in [-0.2, 0) is 5.75 Å². The Balaban J connectivity index is 1.63. The van der Waals surface area contributed by atoms with E-state index < -0.39 is 11.1 Å². The first-order chi connectivity index (χ1) is 15.5. The van der Waals surface area contributed by atoms with Crippen molar-refractivity contribution in [3.05, 3.63) is 92.4 Å². The van der Waals surface area contributed by atoms with Gasteiger partial charge >= 0.3 is 0 Å². The van der Waals surface area contributed by atoms with Crippen molar-refractivity contribution < 1.29 is 4.39 Å². The van der Waals surface area contributed by atoms with Crippen LogP contribution in [0.4, 0.5) is 4.39 Å². The van der Waals surface area contributed by atoms with Gasteiger partial charge in [0.1, 0.15) is 23.1 Å². The van der Waals surface area contributed by atoms with E-state index in [9.17, 15) is 19.2 Å². The Labute approximate surface area is 187 Å². The molecule has 8 nitrogen and oxygen atoms in total. The molecule has 0 amide bonds. The van der Waals surface area contributed by atoms with Crippen molar-refractivity contribution in [2.24, 2.45) is 0 Å². The minimum Gasteiger partial charge on any atom is -0.268 e. The Kier molecular flexibility index (Phi) is 5.01. The molecule has 4 aromatic heterocycles. The molecule has 32 heavy (non-hydrogen) atoms. The zero-order chi connectivity index (χ0) is 22.2. The summed E-state index contributed by atoms with van der Waals surface area (Å²) in [6.45, 7) is 0. The highest BCUT2D eigenvalue weighted by Crippen LogP contribution is 2.28. The van der Waals surface area contributed by atoms with Crippen LogP contribution in [0.15, 0.2) is 68.7 Å². The van der Waals surface area contributed by atoms with Gasteiger partial charge in [0, 0.05) is 11.9 Å². The molecule has 0 aliphatic rings. The summed E-state index contributed by atoms with van der Waals surface area (Å²) >= 11 is 2.52. The second-order valence-corrected chi connectivity index (χ2v) is 8.84. The van der Waals surface area contributed by atoms with Gasteiger partial charge < -0.3 is 0 Å². The molecule has 0 saturated heterocycles. The first-order valence-electron chi connectivity index (χ1n) is 9.23. The fraction of sp³-hybridized carbons (Fsp3) is 0.0476. The van der Waals surface area contributed by atoms with E-state index in [4.69, 9.17) is 0 Å². The average Bonchev–Trinajstić information content (AvgIpc) is 3.27. The molecule has 0 aliphatic carbocycles. The highest BCUT2D eigenvalue weighted by Gasteiger charge is 2.19. The molecule has 0 spiro atoms. The molecule has 0 aliphatic heterocycles. The number of fused-ring (bicyclic) bond motifs is 2. The maximum Gasteiger partial charge on any atom is 0.276 e. The zero-order valence-electron chi connectivity index (χ0n) is 16.1. The summed E-state index contributed by atoms with van der Waals surface area (Å²) in [4.78, 5) is 30.4. The minimum atomic E-state index is -0.626. The molecule has 0 saturated carbocycles. The molecule has 5 aromatic rings. The van der Waals surface area contributed by atoms with Gasteiger partial charge in [-0.05, 0) is 35.9 Å². The van der Waals surface area contributed by atoms with Gasteiger partial charge in [0.15, 0.2) is 9.99 Å².